The molecule has 216 valence electrons. The van der Waals surface area contributed by atoms with Crippen molar-refractivity contribution >= 4 is 43.6 Å². The highest BCUT2D eigenvalue weighted by atomic mass is 32.2. The Labute approximate surface area is 243 Å². The topological polar surface area (TPSA) is 185 Å². The molecule has 5 heterocycles. The van der Waals surface area contributed by atoms with Gasteiger partial charge >= 0.3 is 0 Å². The number of rotatable bonds is 7. The summed E-state index contributed by atoms with van der Waals surface area (Å²) in [4.78, 5) is 33.3. The first-order valence-electron chi connectivity index (χ1n) is 13.3. The maximum absolute atomic E-state index is 14.6. The number of hydrogen-bond donors (Lipinski definition) is 4. The van der Waals surface area contributed by atoms with Crippen LogP contribution >= 0.6 is 0 Å². The minimum atomic E-state index is -3.65. The molecular weight excluding hydrogens is 573 g/mol. The molecule has 1 unspecified atom stereocenters. The number of fused-ring (bicyclic) bond motifs is 2. The molecule has 0 spiro atoms. The van der Waals surface area contributed by atoms with Crippen LogP contribution in [0.25, 0.3) is 56.0 Å². The largest absolute Gasteiger partial charge is 0.335 e. The van der Waals surface area contributed by atoms with Crippen molar-refractivity contribution in [3.05, 3.63) is 72.6 Å². The number of imidazole rings is 1. The Balaban J connectivity index is 1.27. The minimum absolute atomic E-state index is 0.00443. The number of aromatic amines is 2. The lowest BCUT2D eigenvalue weighted by atomic mass is 10.0. The van der Waals surface area contributed by atoms with Gasteiger partial charge in [0.2, 0.25) is 5.91 Å². The van der Waals surface area contributed by atoms with E-state index < -0.39 is 21.0 Å². The number of hydrogen-bond acceptors (Lipinski definition) is 9. The van der Waals surface area contributed by atoms with Crippen LogP contribution in [0, 0.1) is 11.7 Å². The van der Waals surface area contributed by atoms with Gasteiger partial charge in [0.05, 0.1) is 22.8 Å². The first kappa shape index (κ1) is 26.8. The molecule has 1 aliphatic rings. The highest BCUT2D eigenvalue weighted by Crippen LogP contribution is 2.34. The average Bonchev–Trinajstić information content (AvgIpc) is 3.62. The summed E-state index contributed by atoms with van der Waals surface area (Å²) in [5.74, 6) is -0.137. The van der Waals surface area contributed by atoms with Crippen LogP contribution in [0.3, 0.4) is 0 Å². The molecule has 1 atom stereocenters. The van der Waals surface area contributed by atoms with Gasteiger partial charge in [-0.15, -0.1) is 0 Å². The summed E-state index contributed by atoms with van der Waals surface area (Å²) >= 11 is 0. The molecule has 0 saturated heterocycles. The molecule has 0 radical (unpaired) electrons. The predicted octanol–water partition coefficient (Wildman–Crippen LogP) is 4.11. The molecule has 0 aliphatic heterocycles. The second-order valence-corrected chi connectivity index (χ2v) is 12.8. The van der Waals surface area contributed by atoms with Crippen molar-refractivity contribution in [2.24, 2.45) is 11.7 Å². The number of pyridine rings is 3. The number of anilines is 1. The first-order chi connectivity index (χ1) is 20.6. The number of nitrogens with zero attached hydrogens (tertiary/aromatic N) is 5. The van der Waals surface area contributed by atoms with Crippen LogP contribution in [0.5, 0.6) is 0 Å². The summed E-state index contributed by atoms with van der Waals surface area (Å²) in [6.07, 6.45) is 9.32. The van der Waals surface area contributed by atoms with Gasteiger partial charge in [0, 0.05) is 47.5 Å². The van der Waals surface area contributed by atoms with Gasteiger partial charge in [0.15, 0.2) is 27.0 Å². The van der Waals surface area contributed by atoms with Gasteiger partial charge < -0.3 is 16.0 Å². The molecule has 6 aromatic rings. The van der Waals surface area contributed by atoms with E-state index in [1.54, 1.807) is 30.7 Å². The number of carbonyl (C=O) groups is 1. The lowest BCUT2D eigenvalue weighted by molar-refractivity contribution is -0.117. The lowest BCUT2D eigenvalue weighted by Crippen LogP contribution is -2.20. The third kappa shape index (κ3) is 5.10. The molecular formula is C29H24FN9O3S. The van der Waals surface area contributed by atoms with Gasteiger partial charge in [-0.3, -0.25) is 14.9 Å². The van der Waals surface area contributed by atoms with Gasteiger partial charge in [0.25, 0.3) is 0 Å². The van der Waals surface area contributed by atoms with Crippen molar-refractivity contribution in [1.29, 1.82) is 0 Å². The van der Waals surface area contributed by atoms with Crippen LogP contribution in [-0.4, -0.2) is 55.7 Å². The Morgan fingerprint density at radius 1 is 1.05 bits per heavy atom. The van der Waals surface area contributed by atoms with E-state index in [0.717, 1.165) is 36.3 Å². The van der Waals surface area contributed by atoms with Crippen LogP contribution in [0.15, 0.2) is 61.2 Å². The van der Waals surface area contributed by atoms with Crippen molar-refractivity contribution in [2.75, 3.05) is 11.6 Å². The fourth-order valence-electron chi connectivity index (χ4n) is 4.94. The van der Waals surface area contributed by atoms with Crippen LogP contribution in [0.4, 0.5) is 10.1 Å². The van der Waals surface area contributed by atoms with E-state index in [1.165, 1.54) is 12.3 Å². The number of benzene rings is 1. The monoisotopic (exact) mass is 597 g/mol. The van der Waals surface area contributed by atoms with E-state index in [9.17, 15) is 17.6 Å². The van der Waals surface area contributed by atoms with Crippen molar-refractivity contribution in [3.8, 4) is 33.8 Å². The normalized spacial score (nSPS) is 14.3. The molecule has 1 aromatic carbocycles. The van der Waals surface area contributed by atoms with Crippen LogP contribution in [0.2, 0.25) is 0 Å². The molecule has 5 N–H and O–H groups in total. The van der Waals surface area contributed by atoms with Gasteiger partial charge in [-0.05, 0) is 60.4 Å². The lowest BCUT2D eigenvalue weighted by Gasteiger charge is -2.12. The van der Waals surface area contributed by atoms with Crippen LogP contribution in [0.1, 0.15) is 23.8 Å². The Morgan fingerprint density at radius 2 is 1.86 bits per heavy atom. The number of halogens is 1. The second-order valence-electron chi connectivity index (χ2n) is 10.6. The molecule has 1 aliphatic carbocycles. The number of sulfone groups is 1. The van der Waals surface area contributed by atoms with Gasteiger partial charge in [-0.1, -0.05) is 0 Å². The summed E-state index contributed by atoms with van der Waals surface area (Å²) < 4.78 is 38.7. The number of aromatic nitrogens is 7. The van der Waals surface area contributed by atoms with Crippen molar-refractivity contribution < 1.29 is 17.6 Å². The molecule has 14 heteroatoms. The van der Waals surface area contributed by atoms with E-state index in [0.29, 0.717) is 50.5 Å². The molecule has 1 fully saturated rings. The maximum Gasteiger partial charge on any atom is 0.227 e. The summed E-state index contributed by atoms with van der Waals surface area (Å²) in [5, 5.41) is 9.52. The number of carbonyl (C=O) groups excluding carboxylic acids is 1. The molecule has 43 heavy (non-hydrogen) atoms. The molecule has 12 nitrogen and oxygen atoms in total. The van der Waals surface area contributed by atoms with Crippen molar-refractivity contribution in [1.82, 2.24) is 35.1 Å². The van der Waals surface area contributed by atoms with Gasteiger partial charge in [-0.25, -0.2) is 27.8 Å². The zero-order valence-corrected chi connectivity index (χ0v) is 23.5. The summed E-state index contributed by atoms with van der Waals surface area (Å²) in [5.41, 5.74) is 11.0. The number of nitrogens with two attached hydrogens (primary N) is 1. The van der Waals surface area contributed by atoms with E-state index in [-0.39, 0.29) is 17.4 Å². The number of H-pyrrole nitrogens is 2. The van der Waals surface area contributed by atoms with Crippen molar-refractivity contribution in [3.63, 3.8) is 0 Å². The average molecular weight is 598 g/mol. The summed E-state index contributed by atoms with van der Waals surface area (Å²) in [6, 6.07) is 9.38. The highest BCUT2D eigenvalue weighted by molar-refractivity contribution is 7.90. The number of amides is 1. The zero-order chi connectivity index (χ0) is 29.9. The fraction of sp³-hybridized carbons (Fsp3) is 0.172. The quantitative estimate of drug-likeness (QED) is 0.210. The first-order valence-corrected chi connectivity index (χ1v) is 15.3. The SMILES string of the molecule is CS(=O)(=O)C(N)c1cc(F)cc(-c2ccnc3nc(-c4[nH]nc5ncc(-c6cncc(NC(=O)C7CC7)c6)cc45)[nH]c23)c1. The zero-order valence-electron chi connectivity index (χ0n) is 22.7. The third-order valence-corrected chi connectivity index (χ3v) is 8.54. The molecule has 0 bridgehead atoms. The summed E-state index contributed by atoms with van der Waals surface area (Å²) in [6.45, 7) is 0. The Bertz CT molecular complexity index is 2170. The Morgan fingerprint density at radius 3 is 2.65 bits per heavy atom. The van der Waals surface area contributed by atoms with Crippen LogP contribution in [-0.2, 0) is 14.6 Å². The van der Waals surface area contributed by atoms with Crippen molar-refractivity contribution in [2.45, 2.75) is 18.2 Å². The molecule has 5 aromatic heterocycles. The Hall–Kier alpha value is -5.08. The molecule has 7 rings (SSSR count). The summed E-state index contributed by atoms with van der Waals surface area (Å²) in [7, 11) is -3.65. The molecule has 1 saturated carbocycles. The van der Waals surface area contributed by atoms with Gasteiger partial charge in [-0.2, -0.15) is 5.10 Å². The van der Waals surface area contributed by atoms with E-state index >= 15 is 0 Å². The third-order valence-electron chi connectivity index (χ3n) is 7.35. The number of nitrogens with one attached hydrogen (secondary N) is 3. The van der Waals surface area contributed by atoms with E-state index in [2.05, 4.69) is 40.4 Å². The standard InChI is InChI=1S/C29H24FN9O3S/c1-43(41,42)25(31)16-6-15(7-19(30)8-16)21-4-5-33-27-23(21)36-28(37-27)24-22-10-18(12-34-26(22)39-38-24)17-9-20(13-32-11-17)35-29(40)14-2-3-14/h4-14,25H,2-3,31H2,1H3,(H,35,40)(H,33,36,37)(H,34,38,39). The van der Waals surface area contributed by atoms with E-state index in [1.807, 2.05) is 12.1 Å². The van der Waals surface area contributed by atoms with E-state index in [4.69, 9.17) is 5.73 Å². The molecule has 1 amide bonds. The minimum Gasteiger partial charge on any atom is -0.335 e. The smallest absolute Gasteiger partial charge is 0.227 e. The Kier molecular flexibility index (Phi) is 6.25. The second kappa shape index (κ2) is 10.0. The predicted molar refractivity (Wildman–Crippen MR) is 159 cm³/mol. The highest BCUT2D eigenvalue weighted by Gasteiger charge is 2.29. The van der Waals surface area contributed by atoms with Gasteiger partial charge in [0.1, 0.15) is 16.9 Å². The maximum atomic E-state index is 14.6. The fourth-order valence-corrected chi connectivity index (χ4v) is 5.57. The van der Waals surface area contributed by atoms with Crippen LogP contribution < -0.4 is 11.1 Å².